The third-order valence-electron chi connectivity index (χ3n) is 5.14. The van der Waals surface area contributed by atoms with Crippen molar-refractivity contribution in [2.24, 2.45) is 0 Å². The van der Waals surface area contributed by atoms with Crippen LogP contribution in [-0.4, -0.2) is 40.7 Å². The van der Waals surface area contributed by atoms with E-state index in [-0.39, 0.29) is 18.1 Å². The second kappa shape index (κ2) is 8.94. The normalized spacial score (nSPS) is 19.6. The molecule has 1 amide bonds. The predicted octanol–water partition coefficient (Wildman–Crippen LogP) is 5.33. The second-order valence-electron chi connectivity index (χ2n) is 7.61. The van der Waals surface area contributed by atoms with Gasteiger partial charge in [-0.15, -0.1) is 11.8 Å². The van der Waals surface area contributed by atoms with Crippen molar-refractivity contribution in [3.63, 3.8) is 0 Å². The van der Waals surface area contributed by atoms with E-state index in [4.69, 9.17) is 4.74 Å². The Hall–Kier alpha value is -1.76. The van der Waals surface area contributed by atoms with Gasteiger partial charge in [0.25, 0.3) is 0 Å². The number of carbonyl (C=O) groups excluding carboxylic acids is 1. The molecule has 0 saturated carbocycles. The summed E-state index contributed by atoms with van der Waals surface area (Å²) in [7, 11) is 0. The molecule has 0 bridgehead atoms. The van der Waals surface area contributed by atoms with E-state index in [2.05, 4.69) is 69.2 Å². The Kier molecular flexibility index (Phi) is 6.32. The fourth-order valence-electron chi connectivity index (χ4n) is 3.83. The zero-order chi connectivity index (χ0) is 20.4. The summed E-state index contributed by atoms with van der Waals surface area (Å²) in [5, 5.41) is 1.20. The quantitative estimate of drug-likeness (QED) is 0.470. The molecular formula is C23H25BrN2O2S. The Morgan fingerprint density at radius 2 is 1.79 bits per heavy atom. The second-order valence-corrected chi connectivity index (χ2v) is 9.54. The van der Waals surface area contributed by atoms with Crippen LogP contribution in [0.25, 0.3) is 10.9 Å². The van der Waals surface area contributed by atoms with Crippen LogP contribution in [-0.2, 0) is 21.8 Å². The average Bonchev–Trinajstić information content (AvgIpc) is 3.04. The molecule has 1 aliphatic rings. The Balaban J connectivity index is 1.52. The van der Waals surface area contributed by atoms with Crippen molar-refractivity contribution in [1.29, 1.82) is 0 Å². The van der Waals surface area contributed by atoms with Gasteiger partial charge in [-0.3, -0.25) is 4.79 Å². The van der Waals surface area contributed by atoms with Gasteiger partial charge >= 0.3 is 0 Å². The van der Waals surface area contributed by atoms with Crippen LogP contribution in [0.3, 0.4) is 0 Å². The monoisotopic (exact) mass is 472 g/mol. The molecule has 1 saturated heterocycles. The maximum Gasteiger partial charge on any atom is 0.242 e. The van der Waals surface area contributed by atoms with Crippen LogP contribution >= 0.6 is 27.7 Å². The molecule has 2 atom stereocenters. The topological polar surface area (TPSA) is 34.5 Å². The number of para-hydroxylation sites is 1. The first-order valence-electron chi connectivity index (χ1n) is 9.88. The minimum absolute atomic E-state index is 0.0844. The van der Waals surface area contributed by atoms with Crippen LogP contribution in [0, 0.1) is 0 Å². The highest BCUT2D eigenvalue weighted by molar-refractivity contribution is 9.10. The number of benzene rings is 2. The number of carbonyl (C=O) groups is 1. The number of thioether (sulfide) groups is 1. The van der Waals surface area contributed by atoms with E-state index in [1.54, 1.807) is 0 Å². The number of amides is 1. The van der Waals surface area contributed by atoms with Gasteiger partial charge in [0.15, 0.2) is 0 Å². The molecule has 3 aromatic rings. The number of fused-ring (bicyclic) bond motifs is 1. The lowest BCUT2D eigenvalue weighted by molar-refractivity contribution is -0.143. The molecule has 2 heterocycles. The van der Waals surface area contributed by atoms with Crippen LogP contribution in [0.4, 0.5) is 0 Å². The van der Waals surface area contributed by atoms with E-state index < -0.39 is 0 Å². The molecule has 0 N–H and O–H groups in total. The van der Waals surface area contributed by atoms with E-state index in [1.165, 1.54) is 15.8 Å². The Morgan fingerprint density at radius 3 is 2.52 bits per heavy atom. The summed E-state index contributed by atoms with van der Waals surface area (Å²) >= 11 is 5.30. The molecule has 4 nitrogen and oxygen atoms in total. The molecule has 0 aliphatic carbocycles. The van der Waals surface area contributed by atoms with Gasteiger partial charge in [0, 0.05) is 45.3 Å². The van der Waals surface area contributed by atoms with Crippen molar-refractivity contribution in [3.8, 4) is 0 Å². The van der Waals surface area contributed by atoms with E-state index in [0.29, 0.717) is 19.6 Å². The zero-order valence-electron chi connectivity index (χ0n) is 16.7. The average molecular weight is 473 g/mol. The van der Waals surface area contributed by atoms with Gasteiger partial charge in [0.1, 0.15) is 6.54 Å². The first kappa shape index (κ1) is 20.5. The summed E-state index contributed by atoms with van der Waals surface area (Å²) in [4.78, 5) is 16.1. The third kappa shape index (κ3) is 4.87. The number of nitrogens with zero attached hydrogens (tertiary/aromatic N) is 2. The van der Waals surface area contributed by atoms with Crippen LogP contribution < -0.4 is 0 Å². The fourth-order valence-corrected chi connectivity index (χ4v) is 5.14. The molecule has 29 heavy (non-hydrogen) atoms. The lowest BCUT2D eigenvalue weighted by Gasteiger charge is -2.35. The number of hydrogen-bond acceptors (Lipinski definition) is 3. The molecule has 4 rings (SSSR count). The van der Waals surface area contributed by atoms with Crippen molar-refractivity contribution < 1.29 is 9.53 Å². The molecule has 1 aromatic heterocycles. The van der Waals surface area contributed by atoms with Gasteiger partial charge in [0.2, 0.25) is 5.91 Å². The minimum atomic E-state index is 0.0844. The summed E-state index contributed by atoms with van der Waals surface area (Å²) in [6.07, 6.45) is 2.29. The Labute approximate surface area is 184 Å². The Morgan fingerprint density at radius 1 is 1.10 bits per heavy atom. The summed E-state index contributed by atoms with van der Waals surface area (Å²) in [5.41, 5.74) is 2.39. The molecular weight excluding hydrogens is 448 g/mol. The first-order valence-corrected chi connectivity index (χ1v) is 11.7. The van der Waals surface area contributed by atoms with Crippen LogP contribution in [0.2, 0.25) is 0 Å². The molecule has 1 aliphatic heterocycles. The maximum atomic E-state index is 13.0. The number of hydrogen-bond donors (Lipinski definition) is 0. The van der Waals surface area contributed by atoms with Gasteiger partial charge < -0.3 is 14.2 Å². The number of halogens is 1. The van der Waals surface area contributed by atoms with Gasteiger partial charge in [-0.25, -0.2) is 0 Å². The summed E-state index contributed by atoms with van der Waals surface area (Å²) in [5.74, 6) is 1.05. The van der Waals surface area contributed by atoms with Crippen molar-refractivity contribution in [1.82, 2.24) is 9.47 Å². The molecule has 2 aromatic carbocycles. The number of rotatable bonds is 5. The van der Waals surface area contributed by atoms with Crippen molar-refractivity contribution in [2.75, 3.05) is 13.1 Å². The molecule has 152 valence electrons. The number of aromatic nitrogens is 1. The smallest absolute Gasteiger partial charge is 0.242 e. The van der Waals surface area contributed by atoms with Gasteiger partial charge in [-0.05, 0) is 37.6 Å². The summed E-state index contributed by atoms with van der Waals surface area (Å²) < 4.78 is 8.95. The molecule has 6 heteroatoms. The van der Waals surface area contributed by atoms with E-state index in [1.807, 2.05) is 36.6 Å². The highest BCUT2D eigenvalue weighted by Gasteiger charge is 2.26. The largest absolute Gasteiger partial charge is 0.372 e. The minimum Gasteiger partial charge on any atom is -0.372 e. The third-order valence-corrected chi connectivity index (χ3v) is 6.78. The lowest BCUT2D eigenvalue weighted by Crippen LogP contribution is -2.49. The highest BCUT2D eigenvalue weighted by atomic mass is 79.9. The van der Waals surface area contributed by atoms with E-state index in [0.717, 1.165) is 15.7 Å². The lowest BCUT2D eigenvalue weighted by atomic mass is 10.2. The summed E-state index contributed by atoms with van der Waals surface area (Å²) in [6, 6.07) is 16.7. The maximum absolute atomic E-state index is 13.0. The SMILES string of the molecule is C[C@H]1CN(C(=O)Cn2cc(SCc3ccc(Br)cc3)c3ccccc32)C[C@H](C)O1. The number of morpholine rings is 1. The molecule has 0 spiro atoms. The molecule has 0 radical (unpaired) electrons. The van der Waals surface area contributed by atoms with Crippen LogP contribution in [0.15, 0.2) is 64.1 Å². The molecule has 1 fully saturated rings. The number of ether oxygens (including phenoxy) is 1. The highest BCUT2D eigenvalue weighted by Crippen LogP contribution is 2.32. The van der Waals surface area contributed by atoms with Crippen LogP contribution in [0.5, 0.6) is 0 Å². The Bertz CT molecular complexity index is 992. The van der Waals surface area contributed by atoms with Gasteiger partial charge in [0.05, 0.1) is 12.2 Å². The van der Waals surface area contributed by atoms with E-state index >= 15 is 0 Å². The first-order chi connectivity index (χ1) is 14.0. The summed E-state index contributed by atoms with van der Waals surface area (Å²) in [6.45, 7) is 5.73. The van der Waals surface area contributed by atoms with Crippen LogP contribution in [0.1, 0.15) is 19.4 Å². The van der Waals surface area contributed by atoms with Gasteiger partial charge in [-0.1, -0.05) is 46.3 Å². The fraction of sp³-hybridized carbons (Fsp3) is 0.348. The van der Waals surface area contributed by atoms with Crippen molar-refractivity contribution >= 4 is 44.5 Å². The van der Waals surface area contributed by atoms with Gasteiger partial charge in [-0.2, -0.15) is 0 Å². The molecule has 0 unspecified atom stereocenters. The zero-order valence-corrected chi connectivity index (χ0v) is 19.1. The standard InChI is InChI=1S/C23H25BrN2O2S/c1-16-11-26(12-17(2)28-16)23(27)14-25-13-22(20-5-3-4-6-21(20)25)29-15-18-7-9-19(24)10-8-18/h3-10,13,16-17H,11-12,14-15H2,1-2H3/t16-,17-/m0/s1. The van der Waals surface area contributed by atoms with E-state index in [9.17, 15) is 4.79 Å². The predicted molar refractivity (Wildman–Crippen MR) is 122 cm³/mol. The van der Waals surface area contributed by atoms with Crippen molar-refractivity contribution in [3.05, 3.63) is 64.8 Å². The van der Waals surface area contributed by atoms with Crippen molar-refractivity contribution in [2.45, 2.75) is 43.2 Å².